The van der Waals surface area contributed by atoms with Crippen LogP contribution in [0.4, 0.5) is 34.1 Å². The molecule has 2 aliphatic rings. The lowest BCUT2D eigenvalue weighted by Crippen LogP contribution is -2.60. The number of anilines is 6. The lowest BCUT2D eigenvalue weighted by atomic mass is 9.36. The molecule has 67 heavy (non-hydrogen) atoms. The first kappa shape index (κ1) is 43.7. The van der Waals surface area contributed by atoms with Crippen LogP contribution >= 0.6 is 22.7 Å². The third-order valence-corrected chi connectivity index (χ3v) is 16.7. The molecule has 0 radical (unpaired) electrons. The number of fused-ring (bicyclic) bond motifs is 7. The molecule has 2 nitrogen and oxygen atoms in total. The predicted octanol–water partition coefficient (Wildman–Crippen LogP) is 16.7. The summed E-state index contributed by atoms with van der Waals surface area (Å²) in [5.41, 5.74) is 24.6. The molecule has 0 amide bonds. The van der Waals surface area contributed by atoms with Crippen molar-refractivity contribution in [3.05, 3.63) is 172 Å². The van der Waals surface area contributed by atoms with Crippen LogP contribution in [0.5, 0.6) is 0 Å². The zero-order valence-corrected chi connectivity index (χ0v) is 43.1. The van der Waals surface area contributed by atoms with E-state index in [2.05, 4.69) is 233 Å². The first-order valence-corrected chi connectivity index (χ1v) is 25.7. The number of thiophene rings is 2. The Balaban J connectivity index is 1.29. The largest absolute Gasteiger partial charge is 0.311 e. The molecular weight excluding hydrogens is 848 g/mol. The summed E-state index contributed by atoms with van der Waals surface area (Å²) in [5.74, 6) is 0. The van der Waals surface area contributed by atoms with Gasteiger partial charge in [-0.15, -0.1) is 22.7 Å². The summed E-state index contributed by atoms with van der Waals surface area (Å²) in [7, 11) is 0. The number of hydrogen-bond donors (Lipinski definition) is 0. The van der Waals surface area contributed by atoms with Crippen molar-refractivity contribution in [1.29, 1.82) is 0 Å². The van der Waals surface area contributed by atoms with Gasteiger partial charge in [-0.3, -0.25) is 0 Å². The van der Waals surface area contributed by atoms with E-state index in [0.29, 0.717) is 0 Å². The molecule has 0 N–H and O–H groups in total. The van der Waals surface area contributed by atoms with Crippen LogP contribution in [0.1, 0.15) is 101 Å². The van der Waals surface area contributed by atoms with Crippen LogP contribution in [-0.4, -0.2) is 6.71 Å². The van der Waals surface area contributed by atoms with Crippen molar-refractivity contribution < 1.29 is 0 Å². The molecule has 4 heterocycles. The number of rotatable bonds is 4. The van der Waals surface area contributed by atoms with E-state index < -0.39 is 0 Å². The molecule has 9 aromatic rings. The minimum atomic E-state index is -0.0262. The van der Waals surface area contributed by atoms with Crippen molar-refractivity contribution in [3.8, 4) is 22.3 Å². The van der Waals surface area contributed by atoms with Gasteiger partial charge in [0.1, 0.15) is 0 Å². The molecule has 0 spiro atoms. The maximum atomic E-state index is 2.70. The summed E-state index contributed by atoms with van der Waals surface area (Å²) in [6.07, 6.45) is 0. The van der Waals surface area contributed by atoms with E-state index in [1.165, 1.54) is 131 Å². The van der Waals surface area contributed by atoms with Gasteiger partial charge >= 0.3 is 0 Å². The van der Waals surface area contributed by atoms with Crippen molar-refractivity contribution in [2.24, 2.45) is 0 Å². The highest BCUT2D eigenvalue weighted by Crippen LogP contribution is 2.53. The van der Waals surface area contributed by atoms with Gasteiger partial charge in [0.05, 0.1) is 17.1 Å². The Hall–Kier alpha value is -5.88. The van der Waals surface area contributed by atoms with Crippen molar-refractivity contribution in [2.45, 2.75) is 106 Å². The average molecular weight is 909 g/mol. The standard InChI is InChI=1S/C62H61BN2S2/c1-36-27-51-55-52(28-36)65(56-37(2)29-43(30-38(56)3)61(8,9)10)58-47-33-42(60(5,6)7)24-26-54(47)67-59(58)63(55)49-32-41(48-35-66-53-22-18-17-21-45(48)53)23-25-50(49)64(51)57-39(4)31-44(62(11,12)13)34-46(57)40-19-15-14-16-20-40/h14-35H,1-13H3. The Morgan fingerprint density at radius 3 is 1.73 bits per heavy atom. The molecule has 0 bridgehead atoms. The third kappa shape index (κ3) is 7.02. The van der Waals surface area contributed by atoms with Crippen LogP contribution in [0.3, 0.4) is 0 Å². The Labute approximate surface area is 407 Å². The van der Waals surface area contributed by atoms with Gasteiger partial charge in [-0.2, -0.15) is 0 Å². The van der Waals surface area contributed by atoms with Crippen molar-refractivity contribution >= 4 is 99.4 Å². The highest BCUT2D eigenvalue weighted by molar-refractivity contribution is 7.33. The van der Waals surface area contributed by atoms with Crippen LogP contribution in [-0.2, 0) is 16.2 Å². The lowest BCUT2D eigenvalue weighted by Gasteiger charge is -2.45. The molecule has 2 aromatic heterocycles. The minimum Gasteiger partial charge on any atom is -0.311 e. The second-order valence-electron chi connectivity index (χ2n) is 22.5. The lowest BCUT2D eigenvalue weighted by molar-refractivity contribution is 0.589. The van der Waals surface area contributed by atoms with Crippen molar-refractivity contribution in [2.75, 3.05) is 9.80 Å². The van der Waals surface area contributed by atoms with E-state index >= 15 is 0 Å². The highest BCUT2D eigenvalue weighted by atomic mass is 32.1. The van der Waals surface area contributed by atoms with E-state index in [9.17, 15) is 0 Å². The SMILES string of the molecule is Cc1cc2c3c(c1)N(c1c(C)cc(C(C)(C)C)cc1C)c1c(sc4ccc(C(C)(C)C)cc14)B3c1cc(-c3csc4ccccc34)ccc1N2c1c(C)cc(C(C)(C)C)cc1-c1ccccc1. The predicted molar refractivity (Wildman–Crippen MR) is 297 cm³/mol. The highest BCUT2D eigenvalue weighted by Gasteiger charge is 2.47. The first-order valence-electron chi connectivity index (χ1n) is 24.0. The first-order chi connectivity index (χ1) is 31.8. The van der Waals surface area contributed by atoms with Gasteiger partial charge in [-0.25, -0.2) is 0 Å². The van der Waals surface area contributed by atoms with Gasteiger partial charge in [0.2, 0.25) is 0 Å². The molecule has 2 aliphatic heterocycles. The summed E-state index contributed by atoms with van der Waals surface area (Å²) in [4.78, 5) is 5.36. The molecule has 0 saturated carbocycles. The van der Waals surface area contributed by atoms with E-state index in [-0.39, 0.29) is 23.0 Å². The van der Waals surface area contributed by atoms with E-state index in [1.807, 2.05) is 22.7 Å². The summed E-state index contributed by atoms with van der Waals surface area (Å²) in [6, 6.07) is 49.5. The fourth-order valence-electron chi connectivity index (χ4n) is 11.0. The smallest absolute Gasteiger partial charge is 0.264 e. The van der Waals surface area contributed by atoms with E-state index in [4.69, 9.17) is 0 Å². The number of benzene rings is 7. The monoisotopic (exact) mass is 908 g/mol. The molecule has 0 aliphatic carbocycles. The summed E-state index contributed by atoms with van der Waals surface area (Å²) in [6.45, 7) is 30.4. The van der Waals surface area contributed by atoms with Crippen LogP contribution < -0.4 is 25.5 Å². The van der Waals surface area contributed by atoms with Gasteiger partial charge < -0.3 is 9.80 Å². The van der Waals surface area contributed by atoms with E-state index in [0.717, 1.165) is 0 Å². The van der Waals surface area contributed by atoms with Gasteiger partial charge in [-0.05, 0) is 153 Å². The second kappa shape index (κ2) is 15.3. The molecule has 7 aromatic carbocycles. The van der Waals surface area contributed by atoms with Crippen LogP contribution in [0.25, 0.3) is 42.4 Å². The van der Waals surface area contributed by atoms with Crippen LogP contribution in [0.2, 0.25) is 0 Å². The summed E-state index contributed by atoms with van der Waals surface area (Å²) >= 11 is 3.84. The Morgan fingerprint density at radius 1 is 0.448 bits per heavy atom. The minimum absolute atomic E-state index is 0.00261. The van der Waals surface area contributed by atoms with Crippen molar-refractivity contribution in [1.82, 2.24) is 0 Å². The third-order valence-electron chi connectivity index (χ3n) is 14.5. The molecule has 334 valence electrons. The number of aryl methyl sites for hydroxylation is 4. The quantitative estimate of drug-likeness (QED) is 0.162. The molecule has 0 fully saturated rings. The molecular formula is C62H61BN2S2. The fourth-order valence-corrected chi connectivity index (χ4v) is 13.3. The summed E-state index contributed by atoms with van der Waals surface area (Å²) in [5, 5.41) is 5.02. The topological polar surface area (TPSA) is 6.48 Å². The number of nitrogens with zero attached hydrogens (tertiary/aromatic N) is 2. The normalized spacial score (nSPS) is 13.7. The molecule has 0 saturated heterocycles. The molecule has 5 heteroatoms. The molecule has 11 rings (SSSR count). The average Bonchev–Trinajstić information content (AvgIpc) is 3.88. The van der Waals surface area contributed by atoms with Crippen LogP contribution in [0.15, 0.2) is 133 Å². The van der Waals surface area contributed by atoms with Gasteiger partial charge in [0, 0.05) is 53.1 Å². The molecule has 0 atom stereocenters. The Kier molecular flexibility index (Phi) is 9.99. The maximum Gasteiger partial charge on any atom is 0.264 e. The van der Waals surface area contributed by atoms with Gasteiger partial charge in [-0.1, -0.05) is 147 Å². The Bertz CT molecular complexity index is 3450. The summed E-state index contributed by atoms with van der Waals surface area (Å²) < 4.78 is 4.06. The molecule has 0 unspecified atom stereocenters. The fraction of sp³-hybridized carbons (Fsp3) is 0.258. The van der Waals surface area contributed by atoms with Gasteiger partial charge in [0.25, 0.3) is 6.71 Å². The van der Waals surface area contributed by atoms with Crippen molar-refractivity contribution in [3.63, 3.8) is 0 Å². The van der Waals surface area contributed by atoms with Crippen LogP contribution in [0, 0.1) is 27.7 Å². The zero-order valence-electron chi connectivity index (χ0n) is 41.5. The second-order valence-corrected chi connectivity index (χ2v) is 24.5. The Morgan fingerprint density at radius 2 is 1.06 bits per heavy atom. The zero-order chi connectivity index (χ0) is 47.1. The maximum absolute atomic E-state index is 2.70. The number of hydrogen-bond acceptors (Lipinski definition) is 4. The van der Waals surface area contributed by atoms with Gasteiger partial charge in [0.15, 0.2) is 0 Å². The van der Waals surface area contributed by atoms with E-state index in [1.54, 1.807) is 0 Å².